The highest BCUT2D eigenvalue weighted by atomic mass is 19.4. The summed E-state index contributed by atoms with van der Waals surface area (Å²) in [6, 6.07) is 9.43. The number of esters is 1. The molecule has 4 nitrogen and oxygen atoms in total. The van der Waals surface area contributed by atoms with E-state index in [4.69, 9.17) is 14.2 Å². The molecular formula is C18H15F3O4. The highest BCUT2D eigenvalue weighted by Gasteiger charge is 2.30. The van der Waals surface area contributed by atoms with E-state index in [1.165, 1.54) is 32.4 Å². The largest absolute Gasteiger partial charge is 0.493 e. The van der Waals surface area contributed by atoms with Crippen molar-refractivity contribution in [2.24, 2.45) is 0 Å². The van der Waals surface area contributed by atoms with E-state index in [2.05, 4.69) is 0 Å². The van der Waals surface area contributed by atoms with Gasteiger partial charge in [-0.1, -0.05) is 18.2 Å². The molecule has 2 aromatic rings. The molecule has 25 heavy (non-hydrogen) atoms. The summed E-state index contributed by atoms with van der Waals surface area (Å²) in [5.74, 6) is -0.105. The van der Waals surface area contributed by atoms with Crippen LogP contribution in [-0.4, -0.2) is 20.2 Å². The van der Waals surface area contributed by atoms with E-state index in [9.17, 15) is 18.0 Å². The molecule has 0 heterocycles. The molecule has 0 amide bonds. The summed E-state index contributed by atoms with van der Waals surface area (Å²) >= 11 is 0. The second kappa shape index (κ2) is 7.74. The molecule has 0 saturated heterocycles. The zero-order chi connectivity index (χ0) is 18.4. The fraction of sp³-hybridized carbons (Fsp3) is 0.167. The first-order valence-electron chi connectivity index (χ1n) is 7.13. The van der Waals surface area contributed by atoms with Gasteiger partial charge in [-0.05, 0) is 35.9 Å². The van der Waals surface area contributed by atoms with Gasteiger partial charge in [0.1, 0.15) is 0 Å². The molecule has 132 valence electrons. The Balaban J connectivity index is 2.17. The Morgan fingerprint density at radius 3 is 2.16 bits per heavy atom. The summed E-state index contributed by atoms with van der Waals surface area (Å²) in [6.07, 6.45) is -2.18. The number of benzene rings is 2. The van der Waals surface area contributed by atoms with Crippen molar-refractivity contribution in [3.8, 4) is 17.2 Å². The molecule has 7 heteroatoms. The van der Waals surface area contributed by atoms with Crippen LogP contribution in [0, 0.1) is 0 Å². The molecule has 0 N–H and O–H groups in total. The van der Waals surface area contributed by atoms with Crippen molar-refractivity contribution < 1.29 is 32.2 Å². The molecule has 0 bridgehead atoms. The highest BCUT2D eigenvalue weighted by molar-refractivity contribution is 5.89. The summed E-state index contributed by atoms with van der Waals surface area (Å²) in [6.45, 7) is 0. The van der Waals surface area contributed by atoms with Gasteiger partial charge in [0, 0.05) is 6.08 Å². The SMILES string of the molecule is COc1cccc(OC)c1OC(=O)C=Cc1cccc(C(F)(F)F)c1. The molecule has 2 aromatic carbocycles. The number of carbonyl (C=O) groups is 1. The Morgan fingerprint density at radius 1 is 1.00 bits per heavy atom. The lowest BCUT2D eigenvalue weighted by atomic mass is 10.1. The standard InChI is InChI=1S/C18H15F3O4/c1-23-14-7-4-8-15(24-2)17(14)25-16(22)10-9-12-5-3-6-13(11-12)18(19,20)21/h3-11H,1-2H3. The molecule has 0 aliphatic rings. The number of alkyl halides is 3. The average Bonchev–Trinajstić information content (AvgIpc) is 2.59. The van der Waals surface area contributed by atoms with Gasteiger partial charge in [-0.15, -0.1) is 0 Å². The molecule has 0 aliphatic carbocycles. The highest BCUT2D eigenvalue weighted by Crippen LogP contribution is 2.37. The number of hydrogen-bond acceptors (Lipinski definition) is 4. The second-order valence-corrected chi connectivity index (χ2v) is 4.87. The summed E-state index contributed by atoms with van der Waals surface area (Å²) < 4.78 is 53.4. The predicted molar refractivity (Wildman–Crippen MR) is 85.7 cm³/mol. The average molecular weight is 352 g/mol. The van der Waals surface area contributed by atoms with E-state index < -0.39 is 17.7 Å². The first-order chi connectivity index (χ1) is 11.8. The normalized spacial score (nSPS) is 11.4. The topological polar surface area (TPSA) is 44.8 Å². The number of carbonyl (C=O) groups excluding carboxylic acids is 1. The Bertz CT molecular complexity index is 760. The fourth-order valence-electron chi connectivity index (χ4n) is 2.04. The summed E-state index contributed by atoms with van der Waals surface area (Å²) in [7, 11) is 2.81. The maximum absolute atomic E-state index is 12.7. The van der Waals surface area contributed by atoms with Gasteiger partial charge in [-0.3, -0.25) is 0 Å². The number of para-hydroxylation sites is 1. The van der Waals surface area contributed by atoms with Gasteiger partial charge in [-0.2, -0.15) is 13.2 Å². The fourth-order valence-corrected chi connectivity index (χ4v) is 2.04. The molecule has 0 unspecified atom stereocenters. The minimum Gasteiger partial charge on any atom is -0.493 e. The van der Waals surface area contributed by atoms with Gasteiger partial charge in [0.2, 0.25) is 5.75 Å². The lowest BCUT2D eigenvalue weighted by Gasteiger charge is -2.11. The lowest BCUT2D eigenvalue weighted by molar-refractivity contribution is -0.137. The van der Waals surface area contributed by atoms with Crippen LogP contribution < -0.4 is 14.2 Å². The van der Waals surface area contributed by atoms with E-state index in [1.807, 2.05) is 0 Å². The molecule has 0 fully saturated rings. The van der Waals surface area contributed by atoms with E-state index in [1.54, 1.807) is 18.2 Å². The van der Waals surface area contributed by atoms with Crippen LogP contribution in [0.1, 0.15) is 11.1 Å². The van der Waals surface area contributed by atoms with Crippen LogP contribution in [-0.2, 0) is 11.0 Å². The van der Waals surface area contributed by atoms with Crippen LogP contribution >= 0.6 is 0 Å². The maximum atomic E-state index is 12.7. The summed E-state index contributed by atoms with van der Waals surface area (Å²) in [5, 5.41) is 0. The van der Waals surface area contributed by atoms with Gasteiger partial charge >= 0.3 is 12.1 Å². The number of methoxy groups -OCH3 is 2. The Labute approximate surface area is 142 Å². The maximum Gasteiger partial charge on any atom is 0.416 e. The summed E-state index contributed by atoms with van der Waals surface area (Å²) in [4.78, 5) is 12.0. The zero-order valence-corrected chi connectivity index (χ0v) is 13.5. The van der Waals surface area contributed by atoms with Gasteiger partial charge in [-0.25, -0.2) is 4.79 Å². The van der Waals surface area contributed by atoms with Gasteiger partial charge < -0.3 is 14.2 Å². The van der Waals surface area contributed by atoms with Crippen LogP contribution in [0.5, 0.6) is 17.2 Å². The second-order valence-electron chi connectivity index (χ2n) is 4.87. The van der Waals surface area contributed by atoms with Crippen molar-refractivity contribution in [3.05, 3.63) is 59.7 Å². The molecule has 0 aromatic heterocycles. The smallest absolute Gasteiger partial charge is 0.416 e. The molecular weight excluding hydrogens is 337 g/mol. The van der Waals surface area contributed by atoms with Crippen molar-refractivity contribution in [3.63, 3.8) is 0 Å². The van der Waals surface area contributed by atoms with Crippen LogP contribution in [0.15, 0.2) is 48.5 Å². The third kappa shape index (κ3) is 4.76. The van der Waals surface area contributed by atoms with Crippen molar-refractivity contribution in [2.75, 3.05) is 14.2 Å². The van der Waals surface area contributed by atoms with Crippen molar-refractivity contribution in [2.45, 2.75) is 6.18 Å². The summed E-state index contributed by atoms with van der Waals surface area (Å²) in [5.41, 5.74) is -0.576. The molecule has 0 spiro atoms. The Kier molecular flexibility index (Phi) is 5.69. The first kappa shape index (κ1) is 18.4. The quantitative estimate of drug-likeness (QED) is 0.456. The van der Waals surface area contributed by atoms with Gasteiger partial charge in [0.25, 0.3) is 0 Å². The van der Waals surface area contributed by atoms with Crippen LogP contribution in [0.25, 0.3) is 6.08 Å². The Morgan fingerprint density at radius 2 is 1.60 bits per heavy atom. The predicted octanol–water partition coefficient (Wildman–Crippen LogP) is 4.34. The molecule has 0 radical (unpaired) electrons. The van der Waals surface area contributed by atoms with Crippen molar-refractivity contribution in [1.29, 1.82) is 0 Å². The number of rotatable bonds is 5. The number of halogens is 3. The van der Waals surface area contributed by atoms with Crippen molar-refractivity contribution in [1.82, 2.24) is 0 Å². The minimum atomic E-state index is -4.45. The molecule has 0 atom stereocenters. The van der Waals surface area contributed by atoms with Gasteiger partial charge in [0.05, 0.1) is 19.8 Å². The van der Waals surface area contributed by atoms with E-state index in [0.29, 0.717) is 11.5 Å². The number of hydrogen-bond donors (Lipinski definition) is 0. The van der Waals surface area contributed by atoms with Crippen LogP contribution in [0.4, 0.5) is 13.2 Å². The third-order valence-corrected chi connectivity index (χ3v) is 3.21. The molecule has 2 rings (SSSR count). The van der Waals surface area contributed by atoms with E-state index in [0.717, 1.165) is 18.2 Å². The van der Waals surface area contributed by atoms with Crippen LogP contribution in [0.2, 0.25) is 0 Å². The van der Waals surface area contributed by atoms with Crippen molar-refractivity contribution >= 4 is 12.0 Å². The van der Waals surface area contributed by atoms with E-state index in [-0.39, 0.29) is 11.3 Å². The number of ether oxygens (including phenoxy) is 3. The molecule has 0 aliphatic heterocycles. The van der Waals surface area contributed by atoms with E-state index >= 15 is 0 Å². The first-order valence-corrected chi connectivity index (χ1v) is 7.13. The zero-order valence-electron chi connectivity index (χ0n) is 13.5. The van der Waals surface area contributed by atoms with Gasteiger partial charge in [0.15, 0.2) is 11.5 Å². The lowest BCUT2D eigenvalue weighted by Crippen LogP contribution is -2.06. The van der Waals surface area contributed by atoms with Crippen LogP contribution in [0.3, 0.4) is 0 Å². The molecule has 0 saturated carbocycles. The minimum absolute atomic E-state index is 0.0891. The monoisotopic (exact) mass is 352 g/mol. The third-order valence-electron chi connectivity index (χ3n) is 3.21. The Hall–Kier alpha value is -2.96.